The van der Waals surface area contributed by atoms with E-state index in [0.717, 1.165) is 0 Å². The molecule has 1 unspecified atom stereocenters. The van der Waals surface area contributed by atoms with Crippen molar-refractivity contribution >= 4 is 5.97 Å². The molecule has 0 amide bonds. The van der Waals surface area contributed by atoms with Gasteiger partial charge >= 0.3 is 24.1 Å². The fourth-order valence-corrected chi connectivity index (χ4v) is 1.49. The molecular weight excluding hydrogens is 302 g/mol. The number of carbonyl (C=O) groups is 1. The maximum absolute atomic E-state index is 10.6. The molecule has 0 heterocycles. The van der Waals surface area contributed by atoms with Crippen LogP contribution in [0, 0.1) is 5.92 Å². The van der Waals surface area contributed by atoms with Crippen LogP contribution in [0.5, 0.6) is 0 Å². The van der Waals surface area contributed by atoms with Gasteiger partial charge in [-0.1, -0.05) is 0 Å². The summed E-state index contributed by atoms with van der Waals surface area (Å²) in [4.78, 5) is 10.6. The average Bonchev–Trinajstić information content (AvgIpc) is 2.23. The van der Waals surface area contributed by atoms with Crippen LogP contribution in [0.3, 0.4) is 0 Å². The maximum atomic E-state index is 10.6. The van der Waals surface area contributed by atoms with Gasteiger partial charge in [0.05, 0.1) is 7.05 Å². The lowest BCUT2D eigenvalue weighted by Gasteiger charge is -2.51. The quantitative estimate of drug-likeness (QED) is 0.162. The summed E-state index contributed by atoms with van der Waals surface area (Å²) >= 11 is 0. The monoisotopic (exact) mass is 320 g/mol. The summed E-state index contributed by atoms with van der Waals surface area (Å²) < 4.78 is -3.08. The highest BCUT2D eigenvalue weighted by atomic mass is 16.8. The third-order valence-corrected chi connectivity index (χ3v) is 3.36. The lowest BCUT2D eigenvalue weighted by atomic mass is 9.94. The largest absolute Gasteiger partial charge is 0.477 e. The number of aliphatic carboxylic acids is 1. The van der Waals surface area contributed by atoms with Crippen molar-refractivity contribution in [2.45, 2.75) is 30.8 Å². The predicted octanol–water partition coefficient (Wildman–Crippen LogP) is -6.35. The summed E-state index contributed by atoms with van der Waals surface area (Å²) in [7, 11) is 0.0500. The second-order valence-electron chi connectivity index (χ2n) is 4.65. The van der Waals surface area contributed by atoms with Gasteiger partial charge in [0, 0.05) is 0 Å². The van der Waals surface area contributed by atoms with E-state index in [1.807, 2.05) is 0 Å². The van der Waals surface area contributed by atoms with Crippen LogP contribution >= 0.6 is 0 Å². The van der Waals surface area contributed by atoms with E-state index in [1.54, 1.807) is 0 Å². The van der Waals surface area contributed by atoms with E-state index >= 15 is 0 Å². The third kappa shape index (κ3) is 2.85. The van der Waals surface area contributed by atoms with Crippen molar-refractivity contribution in [1.82, 2.24) is 0 Å². The predicted molar refractivity (Wildman–Crippen MR) is 56.1 cm³/mol. The Kier molecular flexibility index (Phi) is 4.81. The second kappa shape index (κ2) is 5.04. The number of carboxylic acid groups (broad SMARTS) is 1. The zero-order valence-electron chi connectivity index (χ0n) is 10.9. The highest BCUT2D eigenvalue weighted by Crippen LogP contribution is 2.40. The molecule has 126 valence electrons. The number of carboxylic acids is 1. The van der Waals surface area contributed by atoms with Crippen molar-refractivity contribution in [3.63, 3.8) is 0 Å². The molecular formula is C8H18NO12+. The smallest absolute Gasteiger partial charge is 0.452 e. The average molecular weight is 320 g/mol. The molecule has 0 spiro atoms. The molecule has 0 fully saturated rings. The molecule has 0 saturated heterocycles. The number of rotatable bonds is 6. The second-order valence-corrected chi connectivity index (χ2v) is 4.65. The first-order valence-electron chi connectivity index (χ1n) is 5.19. The number of aliphatic hydroxyl groups is 10. The molecule has 0 saturated carbocycles. The van der Waals surface area contributed by atoms with E-state index in [9.17, 15) is 25.2 Å². The van der Waals surface area contributed by atoms with Crippen molar-refractivity contribution < 1.29 is 65.4 Å². The van der Waals surface area contributed by atoms with Gasteiger partial charge < -0.3 is 25.5 Å². The fourth-order valence-electron chi connectivity index (χ4n) is 1.49. The normalized spacial score (nSPS) is 16.8. The van der Waals surface area contributed by atoms with Gasteiger partial charge in [-0.15, -0.1) is 4.48 Å². The summed E-state index contributed by atoms with van der Waals surface area (Å²) in [5.41, 5.74) is 0. The Hall–Kier alpha value is -0.970. The lowest BCUT2D eigenvalue weighted by Crippen LogP contribution is -2.85. The van der Waals surface area contributed by atoms with E-state index in [0.29, 0.717) is 6.92 Å². The van der Waals surface area contributed by atoms with Gasteiger partial charge in [0.15, 0.2) is 0 Å². The molecule has 0 aromatic heterocycles. The van der Waals surface area contributed by atoms with Crippen LogP contribution in [0.25, 0.3) is 0 Å². The Morgan fingerprint density at radius 3 is 1.33 bits per heavy atom. The summed E-state index contributed by atoms with van der Waals surface area (Å²) in [6, 6.07) is 0. The van der Waals surface area contributed by atoms with Crippen LogP contribution in [-0.2, 0) is 4.79 Å². The van der Waals surface area contributed by atoms with Crippen LogP contribution in [0.15, 0.2) is 0 Å². The summed E-state index contributed by atoms with van der Waals surface area (Å²) in [5, 5.41) is 101. The van der Waals surface area contributed by atoms with Gasteiger partial charge in [0.25, 0.3) is 5.79 Å². The van der Waals surface area contributed by atoms with Crippen LogP contribution in [0.1, 0.15) is 6.92 Å². The van der Waals surface area contributed by atoms with Gasteiger partial charge in [-0.25, -0.2) is 4.79 Å². The molecule has 0 aliphatic heterocycles. The lowest BCUT2D eigenvalue weighted by molar-refractivity contribution is -1.19. The van der Waals surface area contributed by atoms with Gasteiger partial charge in [-0.05, 0) is 6.92 Å². The van der Waals surface area contributed by atoms with Crippen molar-refractivity contribution in [3.8, 4) is 0 Å². The van der Waals surface area contributed by atoms with Crippen LogP contribution in [0.4, 0.5) is 0 Å². The zero-order chi connectivity index (χ0) is 17.7. The Bertz CT molecular complexity index is 390. The van der Waals surface area contributed by atoms with Gasteiger partial charge in [0.2, 0.25) is 0 Å². The molecule has 0 radical (unpaired) electrons. The number of nitrogens with zero attached hydrogens (tertiary/aromatic N) is 1. The van der Waals surface area contributed by atoms with Crippen molar-refractivity contribution in [2.75, 3.05) is 7.05 Å². The summed E-state index contributed by atoms with van der Waals surface area (Å²) in [6.07, 6.45) is -8.94. The molecule has 0 aliphatic carbocycles. The molecule has 13 nitrogen and oxygen atoms in total. The van der Waals surface area contributed by atoms with Gasteiger partial charge in [0.1, 0.15) is 5.92 Å². The Labute approximate surface area is 116 Å². The van der Waals surface area contributed by atoms with E-state index in [2.05, 4.69) is 0 Å². The van der Waals surface area contributed by atoms with Gasteiger partial charge in [-0.2, -0.15) is 0 Å². The fraction of sp³-hybridized carbons (Fsp3) is 0.875. The molecule has 13 heteroatoms. The van der Waals surface area contributed by atoms with Crippen LogP contribution < -0.4 is 0 Å². The minimum Gasteiger partial charge on any atom is -0.477 e. The number of hydrogen-bond acceptors (Lipinski definition) is 11. The minimum atomic E-state index is -4.47. The number of quaternary nitrogens is 1. The molecule has 0 aliphatic rings. The molecule has 0 rings (SSSR count). The van der Waals surface area contributed by atoms with Crippen LogP contribution in [0.2, 0.25) is 0 Å². The van der Waals surface area contributed by atoms with E-state index in [1.165, 1.54) is 0 Å². The molecule has 11 N–H and O–H groups in total. The highest BCUT2D eigenvalue weighted by Gasteiger charge is 2.75. The third-order valence-electron chi connectivity index (χ3n) is 3.36. The van der Waals surface area contributed by atoms with E-state index in [4.69, 9.17) is 35.7 Å². The molecule has 0 aromatic rings. The maximum Gasteiger partial charge on any atom is 0.452 e. The topological polar surface area (TPSA) is 240 Å². The van der Waals surface area contributed by atoms with Gasteiger partial charge in [-0.3, -0.25) is 30.6 Å². The molecule has 0 bridgehead atoms. The Morgan fingerprint density at radius 1 is 0.857 bits per heavy atom. The highest BCUT2D eigenvalue weighted by molar-refractivity contribution is 5.75. The van der Waals surface area contributed by atoms with Crippen LogP contribution in [-0.4, -0.2) is 97.6 Å². The van der Waals surface area contributed by atoms with E-state index in [-0.39, 0.29) is 7.05 Å². The Balaban J connectivity index is 6.23. The SMILES string of the molecule is CC(C(O)(O)C(=O)O)C(O)(O)[N+](C)(C(O)(O)O)C(O)(O)O. The first kappa shape index (κ1) is 20.0. The minimum absolute atomic E-state index is 0.0500. The van der Waals surface area contributed by atoms with Crippen molar-refractivity contribution in [3.05, 3.63) is 0 Å². The molecule has 21 heavy (non-hydrogen) atoms. The summed E-state index contributed by atoms with van der Waals surface area (Å²) in [6.45, 7) is 0.419. The first-order valence-corrected chi connectivity index (χ1v) is 5.19. The van der Waals surface area contributed by atoms with Crippen molar-refractivity contribution in [1.29, 1.82) is 0 Å². The standard InChI is InChI=1S/C8H17NO12/c1-3(5(12,13)4(10)11)6(14,15)9(2,7(16,17)18)8(19,20)21/h3,12-21H,1-2H3/p+1. The van der Waals surface area contributed by atoms with Crippen molar-refractivity contribution in [2.24, 2.45) is 5.92 Å². The number of hydrogen-bond donors (Lipinski definition) is 11. The first-order chi connectivity index (χ1) is 8.85. The van der Waals surface area contributed by atoms with E-state index < -0.39 is 40.3 Å². The molecule has 0 aromatic carbocycles. The Morgan fingerprint density at radius 2 is 1.14 bits per heavy atom. The zero-order valence-corrected chi connectivity index (χ0v) is 10.9. The summed E-state index contributed by atoms with van der Waals surface area (Å²) in [5.74, 6) is -13.3. The molecule has 1 atom stereocenters.